The number of hydrogen-bond donors (Lipinski definition) is 1. The molecule has 0 spiro atoms. The maximum Gasteiger partial charge on any atom is 0.339 e. The van der Waals surface area contributed by atoms with Crippen molar-refractivity contribution in [3.63, 3.8) is 0 Å². The van der Waals surface area contributed by atoms with E-state index in [1.165, 1.54) is 30.7 Å². The Balaban J connectivity index is 1.83. The number of hydrazone groups is 1. The number of hydrogen-bond acceptors (Lipinski definition) is 7. The predicted octanol–water partition coefficient (Wildman–Crippen LogP) is 4.08. The minimum absolute atomic E-state index is 0.0189. The Kier molecular flexibility index (Phi) is 7.60. The number of pyridine rings is 1. The molecule has 0 unspecified atom stereocenters. The Morgan fingerprint density at radius 3 is 2.50 bits per heavy atom. The third-order valence-electron chi connectivity index (χ3n) is 4.16. The maximum absolute atomic E-state index is 12.7. The molecule has 0 saturated carbocycles. The molecule has 3 rings (SSSR count). The lowest BCUT2D eigenvalue weighted by Gasteiger charge is -2.14. The number of ether oxygens (including phenoxy) is 1. The van der Waals surface area contributed by atoms with Crippen LogP contribution in [0.5, 0.6) is 11.5 Å². The summed E-state index contributed by atoms with van der Waals surface area (Å²) in [5.74, 6) is -0.165. The number of aryl methyl sites for hydroxylation is 1. The van der Waals surface area contributed by atoms with Crippen LogP contribution in [0.3, 0.4) is 0 Å². The quantitative estimate of drug-likeness (QED) is 0.274. The van der Waals surface area contributed by atoms with Crippen molar-refractivity contribution >= 4 is 38.2 Å². The Morgan fingerprint density at radius 2 is 1.84 bits per heavy atom. The summed E-state index contributed by atoms with van der Waals surface area (Å²) in [5, 5.41) is 3.94. The molecular formula is C22H20BrN3O5S. The lowest BCUT2D eigenvalue weighted by molar-refractivity contribution is 0.0955. The van der Waals surface area contributed by atoms with Crippen molar-refractivity contribution in [3.8, 4) is 11.5 Å². The molecule has 0 aliphatic rings. The topological polar surface area (TPSA) is 107 Å². The molecule has 1 amide bonds. The van der Waals surface area contributed by atoms with Crippen molar-refractivity contribution in [3.05, 3.63) is 82.1 Å². The van der Waals surface area contributed by atoms with Crippen LogP contribution in [-0.2, 0) is 10.1 Å². The number of rotatable bonds is 8. The fourth-order valence-corrected chi connectivity index (χ4v) is 4.21. The van der Waals surface area contributed by atoms with Gasteiger partial charge in [0, 0.05) is 18.0 Å². The van der Waals surface area contributed by atoms with Gasteiger partial charge in [-0.1, -0.05) is 17.7 Å². The van der Waals surface area contributed by atoms with E-state index in [-0.39, 0.29) is 23.0 Å². The molecule has 1 N–H and O–H groups in total. The van der Waals surface area contributed by atoms with Gasteiger partial charge in [-0.15, -0.1) is 0 Å². The Bertz CT molecular complexity index is 1230. The summed E-state index contributed by atoms with van der Waals surface area (Å²) in [7, 11) is -4.07. The second kappa shape index (κ2) is 10.4. The summed E-state index contributed by atoms with van der Waals surface area (Å²) < 4.78 is 36.7. The van der Waals surface area contributed by atoms with Gasteiger partial charge in [0.15, 0.2) is 11.5 Å². The van der Waals surface area contributed by atoms with Crippen LogP contribution < -0.4 is 14.3 Å². The van der Waals surface area contributed by atoms with Gasteiger partial charge < -0.3 is 8.92 Å². The van der Waals surface area contributed by atoms with Crippen LogP contribution in [0.1, 0.15) is 28.4 Å². The smallest absolute Gasteiger partial charge is 0.339 e. The predicted molar refractivity (Wildman–Crippen MR) is 124 cm³/mol. The minimum Gasteiger partial charge on any atom is -0.490 e. The summed E-state index contributed by atoms with van der Waals surface area (Å²) in [6.07, 6.45) is 4.42. The first-order valence-electron chi connectivity index (χ1n) is 9.51. The molecule has 1 heterocycles. The van der Waals surface area contributed by atoms with Gasteiger partial charge >= 0.3 is 10.1 Å². The van der Waals surface area contributed by atoms with Gasteiger partial charge in [0.05, 0.1) is 17.3 Å². The molecule has 1 aromatic heterocycles. The highest BCUT2D eigenvalue weighted by molar-refractivity contribution is 9.10. The van der Waals surface area contributed by atoms with Crippen molar-refractivity contribution in [2.45, 2.75) is 18.7 Å². The molecule has 0 atom stereocenters. The highest BCUT2D eigenvalue weighted by Crippen LogP contribution is 2.38. The zero-order valence-corrected chi connectivity index (χ0v) is 19.7. The number of carbonyl (C=O) groups excluding carboxylic acids is 1. The van der Waals surface area contributed by atoms with E-state index in [1.807, 2.05) is 6.92 Å². The van der Waals surface area contributed by atoms with E-state index in [9.17, 15) is 13.2 Å². The average molecular weight is 518 g/mol. The number of nitrogens with one attached hydrogen (secondary N) is 1. The summed E-state index contributed by atoms with van der Waals surface area (Å²) in [4.78, 5) is 16.0. The van der Waals surface area contributed by atoms with Crippen LogP contribution >= 0.6 is 15.9 Å². The van der Waals surface area contributed by atoms with Gasteiger partial charge in [-0.25, -0.2) is 5.43 Å². The molecule has 32 heavy (non-hydrogen) atoms. The summed E-state index contributed by atoms with van der Waals surface area (Å²) in [6, 6.07) is 12.6. The number of halogens is 1. The summed E-state index contributed by atoms with van der Waals surface area (Å²) in [6.45, 7) is 3.91. The van der Waals surface area contributed by atoms with Gasteiger partial charge in [0.2, 0.25) is 0 Å². The van der Waals surface area contributed by atoms with E-state index in [1.54, 1.807) is 43.3 Å². The SMILES string of the molecule is CCOc1cc(/C=N\NC(=O)c2ccncc2)cc(Br)c1OS(=O)(=O)c1ccc(C)cc1. The molecule has 10 heteroatoms. The molecule has 0 saturated heterocycles. The van der Waals surface area contributed by atoms with Crippen LogP contribution in [0.25, 0.3) is 0 Å². The second-order valence-corrected chi connectivity index (χ2v) is 8.95. The average Bonchev–Trinajstić information content (AvgIpc) is 2.77. The standard InChI is InChI=1S/C22H20BrN3O5S/c1-3-30-20-13-16(14-25-26-22(27)17-8-10-24-11-9-17)12-19(23)21(20)31-32(28,29)18-6-4-15(2)5-7-18/h4-14H,3H2,1-2H3,(H,26,27)/b25-14-. The van der Waals surface area contributed by atoms with Crippen LogP contribution in [0, 0.1) is 6.92 Å². The molecule has 0 radical (unpaired) electrons. The van der Waals surface area contributed by atoms with E-state index >= 15 is 0 Å². The molecule has 0 aliphatic heterocycles. The number of amides is 1. The van der Waals surface area contributed by atoms with E-state index < -0.39 is 16.0 Å². The van der Waals surface area contributed by atoms with Gasteiger partial charge in [-0.3, -0.25) is 9.78 Å². The molecule has 3 aromatic rings. The Labute approximate surface area is 194 Å². The van der Waals surface area contributed by atoms with Crippen molar-refractivity contribution in [2.24, 2.45) is 5.10 Å². The highest BCUT2D eigenvalue weighted by atomic mass is 79.9. The second-order valence-electron chi connectivity index (χ2n) is 6.55. The van der Waals surface area contributed by atoms with E-state index in [0.717, 1.165) is 5.56 Å². The molecule has 0 fully saturated rings. The monoisotopic (exact) mass is 517 g/mol. The number of carbonyl (C=O) groups is 1. The maximum atomic E-state index is 12.7. The summed E-state index contributed by atoms with van der Waals surface area (Å²) >= 11 is 3.34. The van der Waals surface area contributed by atoms with Crippen molar-refractivity contribution in [2.75, 3.05) is 6.61 Å². The lowest BCUT2D eigenvalue weighted by atomic mass is 10.2. The third-order valence-corrected chi connectivity index (χ3v) is 5.98. The van der Waals surface area contributed by atoms with Gasteiger partial charge in [-0.2, -0.15) is 13.5 Å². The van der Waals surface area contributed by atoms with E-state index in [0.29, 0.717) is 15.6 Å². The van der Waals surface area contributed by atoms with Crippen molar-refractivity contribution in [1.82, 2.24) is 10.4 Å². The largest absolute Gasteiger partial charge is 0.490 e. The lowest BCUT2D eigenvalue weighted by Crippen LogP contribution is -2.17. The first kappa shape index (κ1) is 23.4. The molecule has 0 aliphatic carbocycles. The van der Waals surface area contributed by atoms with E-state index in [4.69, 9.17) is 8.92 Å². The van der Waals surface area contributed by atoms with E-state index in [2.05, 4.69) is 31.4 Å². The van der Waals surface area contributed by atoms with Crippen LogP contribution in [0.4, 0.5) is 0 Å². The normalized spacial score (nSPS) is 11.3. The molecule has 8 nitrogen and oxygen atoms in total. The number of aromatic nitrogens is 1. The first-order valence-corrected chi connectivity index (χ1v) is 11.7. The van der Waals surface area contributed by atoms with Gasteiger partial charge in [-0.05, 0) is 71.7 Å². The third kappa shape index (κ3) is 5.92. The first-order chi connectivity index (χ1) is 15.3. The van der Waals surface area contributed by atoms with Crippen LogP contribution in [0.2, 0.25) is 0 Å². The Morgan fingerprint density at radius 1 is 1.16 bits per heavy atom. The summed E-state index contributed by atoms with van der Waals surface area (Å²) in [5.41, 5.74) is 4.31. The zero-order valence-electron chi connectivity index (χ0n) is 17.3. The molecule has 2 aromatic carbocycles. The molecule has 166 valence electrons. The fraction of sp³-hybridized carbons (Fsp3) is 0.136. The minimum atomic E-state index is -4.07. The van der Waals surface area contributed by atoms with Crippen molar-refractivity contribution < 1.29 is 22.1 Å². The fourth-order valence-electron chi connectivity index (χ4n) is 2.60. The van der Waals surface area contributed by atoms with Crippen molar-refractivity contribution in [1.29, 1.82) is 0 Å². The molecular weight excluding hydrogens is 498 g/mol. The number of nitrogens with zero attached hydrogens (tertiary/aromatic N) is 2. The number of benzene rings is 2. The van der Waals surface area contributed by atoms with Gasteiger partial charge in [0.25, 0.3) is 5.91 Å². The highest BCUT2D eigenvalue weighted by Gasteiger charge is 2.22. The van der Waals surface area contributed by atoms with Crippen LogP contribution in [-0.4, -0.2) is 32.1 Å². The zero-order chi connectivity index (χ0) is 23.1. The van der Waals surface area contributed by atoms with Crippen LogP contribution in [0.15, 0.2) is 75.4 Å². The van der Waals surface area contributed by atoms with Gasteiger partial charge in [0.1, 0.15) is 4.90 Å². The Hall–Kier alpha value is -3.24. The molecule has 0 bridgehead atoms.